The zero-order valence-electron chi connectivity index (χ0n) is 15.2. The molecular weight excluding hydrogens is 316 g/mol. The second-order valence-corrected chi connectivity index (χ2v) is 7.47. The van der Waals surface area contributed by atoms with E-state index in [1.807, 2.05) is 17.1 Å². The molecule has 4 heterocycles. The van der Waals surface area contributed by atoms with Crippen molar-refractivity contribution >= 4 is 5.82 Å². The summed E-state index contributed by atoms with van der Waals surface area (Å²) in [5.74, 6) is 2.37. The molecule has 0 aromatic carbocycles. The highest BCUT2D eigenvalue weighted by molar-refractivity contribution is 5.43. The average molecular weight is 342 g/mol. The van der Waals surface area contributed by atoms with E-state index in [0.29, 0.717) is 30.7 Å². The van der Waals surface area contributed by atoms with Crippen LogP contribution in [0.2, 0.25) is 0 Å². The van der Waals surface area contributed by atoms with Gasteiger partial charge in [-0.1, -0.05) is 19.1 Å². The summed E-state index contributed by atoms with van der Waals surface area (Å²) in [6, 6.07) is 3.52. The lowest BCUT2D eigenvalue weighted by Gasteiger charge is -2.39. The Labute approximate surface area is 148 Å². The van der Waals surface area contributed by atoms with Gasteiger partial charge in [0.1, 0.15) is 17.3 Å². The molecule has 2 aromatic rings. The highest BCUT2D eigenvalue weighted by Gasteiger charge is 2.42. The molecule has 2 aliphatic heterocycles. The van der Waals surface area contributed by atoms with Crippen LogP contribution < -0.4 is 4.90 Å². The van der Waals surface area contributed by atoms with Crippen molar-refractivity contribution < 1.29 is 4.74 Å². The van der Waals surface area contributed by atoms with Crippen molar-refractivity contribution in [3.05, 3.63) is 30.0 Å². The first-order valence-electron chi connectivity index (χ1n) is 9.16. The molecule has 2 fully saturated rings. The van der Waals surface area contributed by atoms with Gasteiger partial charge in [-0.15, -0.1) is 5.10 Å². The van der Waals surface area contributed by atoms with Gasteiger partial charge in [0.15, 0.2) is 0 Å². The molecule has 25 heavy (non-hydrogen) atoms. The van der Waals surface area contributed by atoms with Crippen LogP contribution in [0, 0.1) is 0 Å². The molecule has 2 saturated heterocycles. The van der Waals surface area contributed by atoms with E-state index in [1.54, 1.807) is 7.11 Å². The standard InChI is InChI=1S/C18H26N6O/c1-12(2)18-19-7-6-17(20-18)24-14-4-5-15(24)9-16(8-14)23-10-13(11-25-3)21-22-23/h6-7,10,12,14-16H,4-5,8-9,11H2,1-3H3. The van der Waals surface area contributed by atoms with Crippen molar-refractivity contribution in [3.63, 3.8) is 0 Å². The van der Waals surface area contributed by atoms with Crippen LogP contribution in [0.1, 0.15) is 63.0 Å². The average Bonchev–Trinajstić information content (AvgIpc) is 3.18. The summed E-state index contributed by atoms with van der Waals surface area (Å²) in [6.07, 6.45) is 8.56. The Morgan fingerprint density at radius 1 is 1.20 bits per heavy atom. The van der Waals surface area contributed by atoms with Gasteiger partial charge in [-0.3, -0.25) is 0 Å². The first-order valence-corrected chi connectivity index (χ1v) is 9.16. The summed E-state index contributed by atoms with van der Waals surface area (Å²) in [5, 5.41) is 8.55. The Morgan fingerprint density at radius 3 is 2.64 bits per heavy atom. The van der Waals surface area contributed by atoms with Crippen molar-refractivity contribution in [1.82, 2.24) is 25.0 Å². The Balaban J connectivity index is 1.53. The fraction of sp³-hybridized carbons (Fsp3) is 0.667. The molecule has 7 nitrogen and oxygen atoms in total. The lowest BCUT2D eigenvalue weighted by atomic mass is 9.97. The lowest BCUT2D eigenvalue weighted by molar-refractivity contribution is 0.181. The van der Waals surface area contributed by atoms with Gasteiger partial charge < -0.3 is 9.64 Å². The van der Waals surface area contributed by atoms with Crippen LogP contribution >= 0.6 is 0 Å². The SMILES string of the molecule is COCc1cn(C2CC3CCC(C2)N3c2ccnc(C(C)C)n2)nn1. The van der Waals surface area contributed by atoms with Crippen LogP contribution in [0.3, 0.4) is 0 Å². The molecule has 2 bridgehead atoms. The Kier molecular flexibility index (Phi) is 4.41. The predicted molar refractivity (Wildman–Crippen MR) is 94.4 cm³/mol. The summed E-state index contributed by atoms with van der Waals surface area (Å²) in [7, 11) is 1.69. The molecular formula is C18H26N6O. The highest BCUT2D eigenvalue weighted by atomic mass is 16.5. The van der Waals surface area contributed by atoms with Crippen molar-refractivity contribution in [1.29, 1.82) is 0 Å². The smallest absolute Gasteiger partial charge is 0.133 e. The second kappa shape index (κ2) is 6.71. The molecule has 0 radical (unpaired) electrons. The Bertz CT molecular complexity index is 716. The Morgan fingerprint density at radius 2 is 1.96 bits per heavy atom. The van der Waals surface area contributed by atoms with E-state index in [1.165, 1.54) is 12.8 Å². The molecule has 0 amide bonds. The Hall–Kier alpha value is -2.02. The number of anilines is 1. The number of nitrogens with zero attached hydrogens (tertiary/aromatic N) is 6. The van der Waals surface area contributed by atoms with Gasteiger partial charge in [-0.25, -0.2) is 14.6 Å². The molecule has 134 valence electrons. The molecule has 4 rings (SSSR count). The fourth-order valence-corrected chi connectivity index (χ4v) is 4.23. The second-order valence-electron chi connectivity index (χ2n) is 7.47. The van der Waals surface area contributed by atoms with Gasteiger partial charge >= 0.3 is 0 Å². The van der Waals surface area contributed by atoms with Crippen LogP contribution in [0.4, 0.5) is 5.82 Å². The number of aromatic nitrogens is 5. The third-order valence-electron chi connectivity index (χ3n) is 5.37. The number of methoxy groups -OCH3 is 1. The minimum absolute atomic E-state index is 0.351. The number of rotatable bonds is 5. The maximum Gasteiger partial charge on any atom is 0.133 e. The van der Waals surface area contributed by atoms with Crippen LogP contribution in [0.25, 0.3) is 0 Å². The molecule has 0 saturated carbocycles. The van der Waals surface area contributed by atoms with Gasteiger partial charge in [0.25, 0.3) is 0 Å². The van der Waals surface area contributed by atoms with Crippen LogP contribution in [0.5, 0.6) is 0 Å². The number of hydrogen-bond acceptors (Lipinski definition) is 6. The first-order chi connectivity index (χ1) is 12.2. The van der Waals surface area contributed by atoms with E-state index in [9.17, 15) is 0 Å². The number of piperidine rings is 1. The summed E-state index contributed by atoms with van der Waals surface area (Å²) >= 11 is 0. The molecule has 2 unspecified atom stereocenters. The molecule has 2 aliphatic rings. The largest absolute Gasteiger partial charge is 0.378 e. The summed E-state index contributed by atoms with van der Waals surface area (Å²) in [4.78, 5) is 11.8. The van der Waals surface area contributed by atoms with Crippen LogP contribution in [-0.2, 0) is 11.3 Å². The van der Waals surface area contributed by atoms with E-state index < -0.39 is 0 Å². The van der Waals surface area contributed by atoms with Crippen molar-refractivity contribution in [2.45, 2.75) is 70.2 Å². The number of fused-ring (bicyclic) bond motifs is 2. The maximum absolute atomic E-state index is 5.15. The fourth-order valence-electron chi connectivity index (χ4n) is 4.23. The number of ether oxygens (including phenoxy) is 1. The van der Waals surface area contributed by atoms with Gasteiger partial charge in [0.05, 0.1) is 18.8 Å². The number of hydrogen-bond donors (Lipinski definition) is 0. The van der Waals surface area contributed by atoms with Gasteiger partial charge in [0, 0.05) is 31.3 Å². The third kappa shape index (κ3) is 3.13. The topological polar surface area (TPSA) is 69.0 Å². The zero-order chi connectivity index (χ0) is 17.4. The normalized spacial score (nSPS) is 25.8. The minimum Gasteiger partial charge on any atom is -0.378 e. The highest BCUT2D eigenvalue weighted by Crippen LogP contribution is 2.42. The van der Waals surface area contributed by atoms with Crippen LogP contribution in [0.15, 0.2) is 18.5 Å². The molecule has 2 aromatic heterocycles. The minimum atomic E-state index is 0.351. The monoisotopic (exact) mass is 342 g/mol. The molecule has 2 atom stereocenters. The van der Waals surface area contributed by atoms with E-state index >= 15 is 0 Å². The molecule has 7 heteroatoms. The van der Waals surface area contributed by atoms with E-state index in [2.05, 4.69) is 40.1 Å². The summed E-state index contributed by atoms with van der Waals surface area (Å²) < 4.78 is 7.19. The molecule has 0 N–H and O–H groups in total. The predicted octanol–water partition coefficient (Wildman–Crippen LogP) is 2.71. The quantitative estimate of drug-likeness (QED) is 0.832. The van der Waals surface area contributed by atoms with Crippen molar-refractivity contribution in [2.24, 2.45) is 0 Å². The third-order valence-corrected chi connectivity index (χ3v) is 5.37. The van der Waals surface area contributed by atoms with Gasteiger partial charge in [-0.2, -0.15) is 0 Å². The summed E-state index contributed by atoms with van der Waals surface area (Å²) in [6.45, 7) is 4.80. The molecule has 0 aliphatic carbocycles. The van der Waals surface area contributed by atoms with Gasteiger partial charge in [-0.05, 0) is 31.7 Å². The van der Waals surface area contributed by atoms with Crippen molar-refractivity contribution in [3.8, 4) is 0 Å². The van der Waals surface area contributed by atoms with E-state index in [4.69, 9.17) is 9.72 Å². The van der Waals surface area contributed by atoms with E-state index in [-0.39, 0.29) is 0 Å². The molecule has 0 spiro atoms. The van der Waals surface area contributed by atoms with Gasteiger partial charge in [0.2, 0.25) is 0 Å². The summed E-state index contributed by atoms with van der Waals surface area (Å²) in [5.41, 5.74) is 0.898. The van der Waals surface area contributed by atoms with E-state index in [0.717, 1.165) is 30.2 Å². The maximum atomic E-state index is 5.15. The van der Waals surface area contributed by atoms with Crippen molar-refractivity contribution in [2.75, 3.05) is 12.0 Å². The van der Waals surface area contributed by atoms with Crippen LogP contribution in [-0.4, -0.2) is 44.2 Å². The zero-order valence-corrected chi connectivity index (χ0v) is 15.2. The first kappa shape index (κ1) is 16.4. The lowest BCUT2D eigenvalue weighted by Crippen LogP contribution is -2.44.